The predicted octanol–water partition coefficient (Wildman–Crippen LogP) is 5.92. The van der Waals surface area contributed by atoms with Crippen LogP contribution in [0.2, 0.25) is 0 Å². The Morgan fingerprint density at radius 1 is 1.36 bits per heavy atom. The number of thioether (sulfide) groups is 1. The zero-order chi connectivity index (χ0) is 16.1. The van der Waals surface area contributed by atoms with Crippen molar-refractivity contribution in [2.75, 3.05) is 18.2 Å². The molecule has 0 aliphatic heterocycles. The molecule has 1 aromatic heterocycles. The van der Waals surface area contributed by atoms with Crippen molar-refractivity contribution in [1.82, 2.24) is 0 Å². The summed E-state index contributed by atoms with van der Waals surface area (Å²) in [6.45, 7) is 0. The van der Waals surface area contributed by atoms with Gasteiger partial charge in [-0.1, -0.05) is 6.07 Å². The molecule has 0 bridgehead atoms. The molecule has 118 valence electrons. The Morgan fingerprint density at radius 2 is 2.14 bits per heavy atom. The van der Waals surface area contributed by atoms with E-state index in [0.29, 0.717) is 17.2 Å². The minimum Gasteiger partial charge on any atom is -0.493 e. The van der Waals surface area contributed by atoms with E-state index in [1.54, 1.807) is 30.2 Å². The normalized spacial score (nSPS) is 10.5. The van der Waals surface area contributed by atoms with Crippen molar-refractivity contribution in [2.24, 2.45) is 0 Å². The van der Waals surface area contributed by atoms with E-state index in [1.807, 2.05) is 17.5 Å². The first-order chi connectivity index (χ1) is 10.5. The van der Waals surface area contributed by atoms with Crippen LogP contribution in [0.5, 0.6) is 5.75 Å². The summed E-state index contributed by atoms with van der Waals surface area (Å²) in [5.41, 5.74) is 0.631. The number of carbonyl (C=O) groups is 1. The molecule has 1 N–H and O–H groups in total. The van der Waals surface area contributed by atoms with Gasteiger partial charge >= 0.3 is 0 Å². The van der Waals surface area contributed by atoms with Crippen molar-refractivity contribution in [3.8, 4) is 5.75 Å². The molecular formula is C14H12Br3NO2S2. The number of nitrogens with one attached hydrogen (secondary N) is 1. The van der Waals surface area contributed by atoms with E-state index in [1.165, 1.54) is 4.88 Å². The number of methoxy groups -OCH3 is 1. The van der Waals surface area contributed by atoms with Gasteiger partial charge in [0, 0.05) is 19.6 Å². The van der Waals surface area contributed by atoms with E-state index in [4.69, 9.17) is 4.74 Å². The minimum absolute atomic E-state index is 0.0546. The molecule has 0 saturated carbocycles. The van der Waals surface area contributed by atoms with Crippen molar-refractivity contribution in [3.63, 3.8) is 0 Å². The van der Waals surface area contributed by atoms with Crippen LogP contribution in [-0.4, -0.2) is 18.8 Å². The Morgan fingerprint density at radius 3 is 2.77 bits per heavy atom. The quantitative estimate of drug-likeness (QED) is 0.472. The lowest BCUT2D eigenvalue weighted by Crippen LogP contribution is -2.15. The lowest BCUT2D eigenvalue weighted by Gasteiger charge is -2.14. The lowest BCUT2D eigenvalue weighted by atomic mass is 10.3. The third-order valence-corrected chi connectivity index (χ3v) is 7.96. The van der Waals surface area contributed by atoms with Gasteiger partial charge in [-0.3, -0.25) is 4.79 Å². The highest BCUT2D eigenvalue weighted by Crippen LogP contribution is 2.43. The maximum atomic E-state index is 12.1. The van der Waals surface area contributed by atoms with Gasteiger partial charge < -0.3 is 10.1 Å². The maximum Gasteiger partial charge on any atom is 0.234 e. The van der Waals surface area contributed by atoms with Crippen molar-refractivity contribution >= 4 is 82.5 Å². The van der Waals surface area contributed by atoms with Gasteiger partial charge in [-0.25, -0.2) is 0 Å². The topological polar surface area (TPSA) is 38.3 Å². The van der Waals surface area contributed by atoms with Gasteiger partial charge in [0.2, 0.25) is 5.91 Å². The summed E-state index contributed by atoms with van der Waals surface area (Å²) in [7, 11) is 1.57. The Kier molecular flexibility index (Phi) is 7.27. The van der Waals surface area contributed by atoms with Gasteiger partial charge in [-0.2, -0.15) is 0 Å². The predicted molar refractivity (Wildman–Crippen MR) is 105 cm³/mol. The number of rotatable bonds is 6. The number of anilines is 1. The number of amides is 1. The zero-order valence-electron chi connectivity index (χ0n) is 11.5. The Hall–Kier alpha value is -0.0200. The number of halogens is 3. The largest absolute Gasteiger partial charge is 0.493 e. The maximum absolute atomic E-state index is 12.1. The molecule has 0 radical (unpaired) electrons. The summed E-state index contributed by atoms with van der Waals surface area (Å²) >= 11 is 13.6. The number of hydrogen-bond acceptors (Lipinski definition) is 4. The highest BCUT2D eigenvalue weighted by Gasteiger charge is 2.16. The number of ether oxygens (including phenoxy) is 1. The Bertz CT molecular complexity index is 663. The molecule has 0 unspecified atom stereocenters. The molecule has 1 heterocycles. The fourth-order valence-corrected chi connectivity index (χ4v) is 4.94. The van der Waals surface area contributed by atoms with Crippen LogP contribution in [0.15, 0.2) is 37.0 Å². The molecule has 2 rings (SSSR count). The minimum atomic E-state index is -0.0546. The van der Waals surface area contributed by atoms with Crippen molar-refractivity contribution < 1.29 is 9.53 Å². The summed E-state index contributed by atoms with van der Waals surface area (Å²) in [4.78, 5) is 13.4. The molecule has 0 aliphatic rings. The van der Waals surface area contributed by atoms with Crippen molar-refractivity contribution in [3.05, 3.63) is 41.9 Å². The van der Waals surface area contributed by atoms with Crippen molar-refractivity contribution in [2.45, 2.75) is 5.75 Å². The molecule has 0 aliphatic carbocycles. The molecule has 22 heavy (non-hydrogen) atoms. The van der Waals surface area contributed by atoms with E-state index in [2.05, 4.69) is 59.2 Å². The Labute approximate surface area is 162 Å². The number of carbonyl (C=O) groups excluding carboxylic acids is 1. The molecule has 0 saturated heterocycles. The van der Waals surface area contributed by atoms with Crippen LogP contribution in [0.3, 0.4) is 0 Å². The monoisotopic (exact) mass is 527 g/mol. The third-order valence-electron chi connectivity index (χ3n) is 2.65. The molecule has 0 fully saturated rings. The summed E-state index contributed by atoms with van der Waals surface area (Å²) < 4.78 is 7.79. The highest BCUT2D eigenvalue weighted by molar-refractivity contribution is 9.14. The van der Waals surface area contributed by atoms with Gasteiger partial charge in [0.15, 0.2) is 5.75 Å². The van der Waals surface area contributed by atoms with Crippen LogP contribution in [0, 0.1) is 0 Å². The summed E-state index contributed by atoms with van der Waals surface area (Å²) in [6, 6.07) is 5.90. The molecule has 0 atom stereocenters. The zero-order valence-corrected chi connectivity index (χ0v) is 17.9. The van der Waals surface area contributed by atoms with Gasteiger partial charge in [0.1, 0.15) is 0 Å². The molecule has 2 aromatic rings. The van der Waals surface area contributed by atoms with E-state index in [9.17, 15) is 4.79 Å². The second kappa shape index (κ2) is 8.73. The number of hydrogen-bond donors (Lipinski definition) is 1. The van der Waals surface area contributed by atoms with Gasteiger partial charge in [0.05, 0.1) is 23.0 Å². The smallest absolute Gasteiger partial charge is 0.234 e. The molecule has 3 nitrogen and oxygen atoms in total. The average Bonchev–Trinajstić information content (AvgIpc) is 2.98. The van der Waals surface area contributed by atoms with Gasteiger partial charge in [0.25, 0.3) is 0 Å². The number of thiophene rings is 1. The third kappa shape index (κ3) is 4.74. The molecular weight excluding hydrogens is 518 g/mol. The second-order valence-corrected chi connectivity index (χ2v) is 8.65. The van der Waals surface area contributed by atoms with Crippen molar-refractivity contribution in [1.29, 1.82) is 0 Å². The first-order valence-corrected chi connectivity index (χ1v) is 10.6. The van der Waals surface area contributed by atoms with Gasteiger partial charge in [-0.15, -0.1) is 23.1 Å². The summed E-state index contributed by atoms with van der Waals surface area (Å²) in [5.74, 6) is 1.77. The summed E-state index contributed by atoms with van der Waals surface area (Å²) in [6.07, 6.45) is 0. The van der Waals surface area contributed by atoms with Crippen LogP contribution in [0.4, 0.5) is 5.69 Å². The van der Waals surface area contributed by atoms with Crippen LogP contribution in [-0.2, 0) is 10.5 Å². The lowest BCUT2D eigenvalue weighted by molar-refractivity contribution is -0.113. The first-order valence-electron chi connectivity index (χ1n) is 6.14. The van der Waals surface area contributed by atoms with Crippen LogP contribution >= 0.6 is 70.9 Å². The first kappa shape index (κ1) is 18.3. The van der Waals surface area contributed by atoms with E-state index < -0.39 is 0 Å². The Balaban J connectivity index is 1.99. The second-order valence-electron chi connectivity index (χ2n) is 4.19. The number of benzene rings is 1. The SMILES string of the molecule is COc1c(NC(=O)CSCc2cccs2)cc(Br)c(Br)c1Br. The molecule has 1 amide bonds. The standard InChI is InChI=1S/C14H12Br3NO2S2/c1-20-14-10(5-9(15)12(16)13(14)17)18-11(19)7-21-6-8-3-2-4-22-8/h2-5H,6-7H2,1H3,(H,18,19). The highest BCUT2D eigenvalue weighted by atomic mass is 79.9. The van der Waals surface area contributed by atoms with E-state index in [0.717, 1.165) is 19.2 Å². The van der Waals surface area contributed by atoms with E-state index in [-0.39, 0.29) is 5.91 Å². The van der Waals surface area contributed by atoms with E-state index >= 15 is 0 Å². The molecule has 1 aromatic carbocycles. The fraction of sp³-hybridized carbons (Fsp3) is 0.214. The molecule has 0 spiro atoms. The van der Waals surface area contributed by atoms with Crippen LogP contribution < -0.4 is 10.1 Å². The molecule has 8 heteroatoms. The summed E-state index contributed by atoms with van der Waals surface area (Å²) in [5, 5.41) is 4.93. The van der Waals surface area contributed by atoms with Crippen LogP contribution in [0.25, 0.3) is 0 Å². The average molecular weight is 530 g/mol. The van der Waals surface area contributed by atoms with Crippen LogP contribution in [0.1, 0.15) is 4.88 Å². The van der Waals surface area contributed by atoms with Gasteiger partial charge in [-0.05, 0) is 65.3 Å². The fourth-order valence-electron chi connectivity index (χ4n) is 1.70.